The zero-order valence-corrected chi connectivity index (χ0v) is 10.4. The number of nitrogens with one attached hydrogen (secondary N) is 1. The zero-order valence-electron chi connectivity index (χ0n) is 8.84. The fourth-order valence-corrected chi connectivity index (χ4v) is 2.32. The van der Waals surface area contributed by atoms with Crippen LogP contribution in [0.5, 0.6) is 0 Å². The first-order valence-corrected chi connectivity index (χ1v) is 6.60. The third kappa shape index (κ3) is 2.74. The fourth-order valence-electron chi connectivity index (χ4n) is 1.19. The molecule has 0 bridgehead atoms. The van der Waals surface area contributed by atoms with Crippen molar-refractivity contribution in [3.63, 3.8) is 0 Å². The van der Waals surface area contributed by atoms with Crippen LogP contribution in [0.2, 0.25) is 5.02 Å². The molecule has 0 aromatic carbocycles. The van der Waals surface area contributed by atoms with Gasteiger partial charge in [-0.1, -0.05) is 11.6 Å². The van der Waals surface area contributed by atoms with Crippen molar-refractivity contribution in [2.75, 3.05) is 4.72 Å². The van der Waals surface area contributed by atoms with Crippen molar-refractivity contribution in [1.82, 2.24) is 9.97 Å². The summed E-state index contributed by atoms with van der Waals surface area (Å²) >= 11 is 5.61. The lowest BCUT2D eigenvalue weighted by Gasteiger charge is -2.06. The van der Waals surface area contributed by atoms with Crippen molar-refractivity contribution in [1.29, 1.82) is 0 Å². The Balaban J connectivity index is 2.33. The Morgan fingerprint density at radius 1 is 1.22 bits per heavy atom. The van der Waals surface area contributed by atoms with Crippen LogP contribution in [0.3, 0.4) is 0 Å². The van der Waals surface area contributed by atoms with Gasteiger partial charge in [-0.3, -0.25) is 4.72 Å². The second-order valence-corrected chi connectivity index (χ2v) is 5.29. The molecular formula is C10H7ClFN3O2S. The standard InChI is InChI=1S/C10H7ClFN3O2S/c11-7-3-4-9(14-6-7)15-18(16,17)10-8(12)2-1-5-13-10/h1-6H,(H,14,15). The summed E-state index contributed by atoms with van der Waals surface area (Å²) in [7, 11) is -4.10. The van der Waals surface area contributed by atoms with E-state index in [-0.39, 0.29) is 5.82 Å². The zero-order chi connectivity index (χ0) is 13.2. The van der Waals surface area contributed by atoms with Crippen molar-refractivity contribution in [2.24, 2.45) is 0 Å². The summed E-state index contributed by atoms with van der Waals surface area (Å²) in [6.07, 6.45) is 2.46. The highest BCUT2D eigenvalue weighted by Gasteiger charge is 2.20. The molecule has 0 saturated heterocycles. The van der Waals surface area contributed by atoms with Crippen LogP contribution in [0.1, 0.15) is 0 Å². The molecule has 2 aromatic heterocycles. The average molecular weight is 288 g/mol. The number of hydrogen-bond donors (Lipinski definition) is 1. The third-order valence-corrected chi connectivity index (χ3v) is 3.46. The first-order valence-electron chi connectivity index (χ1n) is 4.74. The second kappa shape index (κ2) is 4.87. The van der Waals surface area contributed by atoms with E-state index in [9.17, 15) is 12.8 Å². The predicted octanol–water partition coefficient (Wildman–Crippen LogP) is 2.07. The molecular weight excluding hydrogens is 281 g/mol. The highest BCUT2D eigenvalue weighted by atomic mass is 35.5. The number of anilines is 1. The van der Waals surface area contributed by atoms with Gasteiger partial charge in [-0.2, -0.15) is 8.42 Å². The maximum atomic E-state index is 13.3. The summed E-state index contributed by atoms with van der Waals surface area (Å²) < 4.78 is 39.1. The normalized spacial score (nSPS) is 11.2. The first kappa shape index (κ1) is 12.7. The fraction of sp³-hybridized carbons (Fsp3) is 0. The molecule has 0 aliphatic heterocycles. The third-order valence-electron chi connectivity index (χ3n) is 1.95. The Kier molecular flexibility index (Phi) is 3.44. The van der Waals surface area contributed by atoms with Gasteiger partial charge < -0.3 is 0 Å². The minimum absolute atomic E-state index is 0.0319. The first-order chi connectivity index (χ1) is 8.49. The highest BCUT2D eigenvalue weighted by Crippen LogP contribution is 2.16. The van der Waals surface area contributed by atoms with Crippen LogP contribution >= 0.6 is 11.6 Å². The number of aromatic nitrogens is 2. The van der Waals surface area contributed by atoms with Gasteiger partial charge in [0.1, 0.15) is 5.82 Å². The van der Waals surface area contributed by atoms with Crippen LogP contribution in [0, 0.1) is 5.82 Å². The van der Waals surface area contributed by atoms with Gasteiger partial charge in [0.2, 0.25) is 5.03 Å². The molecule has 94 valence electrons. The molecule has 0 amide bonds. The molecule has 0 fully saturated rings. The van der Waals surface area contributed by atoms with E-state index in [4.69, 9.17) is 11.6 Å². The van der Waals surface area contributed by atoms with Crippen molar-refractivity contribution in [2.45, 2.75) is 5.03 Å². The summed E-state index contributed by atoms with van der Waals surface area (Å²) in [6, 6.07) is 5.13. The quantitative estimate of drug-likeness (QED) is 0.938. The van der Waals surface area contributed by atoms with E-state index in [0.717, 1.165) is 6.07 Å². The van der Waals surface area contributed by atoms with Gasteiger partial charge in [0.15, 0.2) is 5.82 Å². The van der Waals surface area contributed by atoms with Crippen molar-refractivity contribution >= 4 is 27.4 Å². The molecule has 5 nitrogen and oxygen atoms in total. The molecule has 2 rings (SSSR count). The van der Waals surface area contributed by atoms with Crippen molar-refractivity contribution < 1.29 is 12.8 Å². The number of sulfonamides is 1. The lowest BCUT2D eigenvalue weighted by molar-refractivity contribution is 0.556. The molecule has 18 heavy (non-hydrogen) atoms. The van der Waals surface area contributed by atoms with Gasteiger partial charge >= 0.3 is 0 Å². The second-order valence-electron chi connectivity index (χ2n) is 3.26. The smallest absolute Gasteiger partial charge is 0.262 e. The maximum Gasteiger partial charge on any atom is 0.283 e. The Bertz CT molecular complexity index is 661. The molecule has 0 aliphatic carbocycles. The summed E-state index contributed by atoms with van der Waals surface area (Å²) in [4.78, 5) is 7.23. The summed E-state index contributed by atoms with van der Waals surface area (Å²) in [5, 5.41) is -0.316. The largest absolute Gasteiger partial charge is 0.283 e. The number of nitrogens with zero attached hydrogens (tertiary/aromatic N) is 2. The van der Waals surface area contributed by atoms with Crippen LogP contribution in [0.25, 0.3) is 0 Å². The van der Waals surface area contributed by atoms with E-state index in [1.54, 1.807) is 0 Å². The summed E-state index contributed by atoms with van der Waals surface area (Å²) in [6.45, 7) is 0. The van der Waals surface area contributed by atoms with E-state index in [1.807, 2.05) is 0 Å². The van der Waals surface area contributed by atoms with Crippen molar-refractivity contribution in [3.8, 4) is 0 Å². The van der Waals surface area contributed by atoms with E-state index < -0.39 is 20.9 Å². The highest BCUT2D eigenvalue weighted by molar-refractivity contribution is 7.92. The summed E-state index contributed by atoms with van der Waals surface area (Å²) in [5.41, 5.74) is 0. The van der Waals surface area contributed by atoms with E-state index in [0.29, 0.717) is 5.02 Å². The molecule has 2 aromatic rings. The minimum Gasteiger partial charge on any atom is -0.262 e. The van der Waals surface area contributed by atoms with Crippen LogP contribution < -0.4 is 4.72 Å². The number of pyridine rings is 2. The molecule has 2 heterocycles. The number of hydrogen-bond acceptors (Lipinski definition) is 4. The SMILES string of the molecule is O=S(=O)(Nc1ccc(Cl)cn1)c1ncccc1F. The van der Waals surface area contributed by atoms with Crippen LogP contribution in [-0.4, -0.2) is 18.4 Å². The molecule has 0 radical (unpaired) electrons. The topological polar surface area (TPSA) is 72.0 Å². The molecule has 0 unspecified atom stereocenters. The van der Waals surface area contributed by atoms with E-state index in [2.05, 4.69) is 14.7 Å². The van der Waals surface area contributed by atoms with Gasteiger partial charge in [-0.15, -0.1) is 0 Å². The number of halogens is 2. The Labute approximate surface area is 108 Å². The monoisotopic (exact) mass is 287 g/mol. The predicted molar refractivity (Wildman–Crippen MR) is 64.3 cm³/mol. The minimum atomic E-state index is -4.10. The van der Waals surface area contributed by atoms with Crippen molar-refractivity contribution in [3.05, 3.63) is 47.5 Å². The summed E-state index contributed by atoms with van der Waals surface area (Å²) in [5.74, 6) is -0.900. The van der Waals surface area contributed by atoms with Crippen LogP contribution in [0.4, 0.5) is 10.2 Å². The van der Waals surface area contributed by atoms with Gasteiger partial charge in [0, 0.05) is 12.4 Å². The molecule has 0 atom stereocenters. The van der Waals surface area contributed by atoms with Crippen LogP contribution in [-0.2, 0) is 10.0 Å². The maximum absolute atomic E-state index is 13.3. The van der Waals surface area contributed by atoms with Gasteiger partial charge in [-0.25, -0.2) is 14.4 Å². The van der Waals surface area contributed by atoms with Gasteiger partial charge in [0.25, 0.3) is 10.0 Å². The molecule has 1 N–H and O–H groups in total. The van der Waals surface area contributed by atoms with Gasteiger partial charge in [-0.05, 0) is 24.3 Å². The Hall–Kier alpha value is -1.73. The molecule has 0 aliphatic rings. The van der Waals surface area contributed by atoms with E-state index in [1.165, 1.54) is 30.6 Å². The Morgan fingerprint density at radius 3 is 2.61 bits per heavy atom. The lowest BCUT2D eigenvalue weighted by Crippen LogP contribution is -2.16. The molecule has 0 saturated carbocycles. The Morgan fingerprint density at radius 2 is 2.00 bits per heavy atom. The average Bonchev–Trinajstić information content (AvgIpc) is 2.32. The number of rotatable bonds is 3. The van der Waals surface area contributed by atoms with Crippen LogP contribution in [0.15, 0.2) is 41.7 Å². The van der Waals surface area contributed by atoms with E-state index >= 15 is 0 Å². The van der Waals surface area contributed by atoms with Gasteiger partial charge in [0.05, 0.1) is 5.02 Å². The lowest BCUT2D eigenvalue weighted by atomic mass is 10.5. The molecule has 0 spiro atoms. The molecule has 8 heteroatoms.